The molecule has 1 amide bonds. The van der Waals surface area contributed by atoms with Gasteiger partial charge in [-0.3, -0.25) is 19.5 Å². The molecule has 0 atom stereocenters. The molecule has 4 aromatic carbocycles. The first-order chi connectivity index (χ1) is 22.6. The van der Waals surface area contributed by atoms with Crippen LogP contribution in [-0.4, -0.2) is 32.4 Å². The maximum absolute atomic E-state index is 14.0. The molecule has 47 heavy (non-hydrogen) atoms. The van der Waals surface area contributed by atoms with Crippen molar-refractivity contribution < 1.29 is 22.8 Å². The molecular formula is C37H26F3N3O2S2. The van der Waals surface area contributed by atoms with Gasteiger partial charge < -0.3 is 5.32 Å². The second-order valence-corrected chi connectivity index (χ2v) is 12.4. The lowest BCUT2D eigenvalue weighted by molar-refractivity contribution is -0.136. The highest BCUT2D eigenvalue weighted by molar-refractivity contribution is 8.26. The van der Waals surface area contributed by atoms with Crippen molar-refractivity contribution in [1.82, 2.24) is 9.88 Å². The van der Waals surface area contributed by atoms with E-state index in [4.69, 9.17) is 12.2 Å². The normalized spacial score (nSPS) is 14.2. The van der Waals surface area contributed by atoms with Gasteiger partial charge in [-0.05, 0) is 41.0 Å². The molecule has 1 N–H and O–H groups in total. The van der Waals surface area contributed by atoms with Gasteiger partial charge in [0.1, 0.15) is 4.32 Å². The standard InChI is InChI=1S/C37H26F3N3O2S2/c1-2-18-43-35(45)31(47-36(43)46)19-23-14-16-24(17-15-23)21-41-27-11-6-10-26(20-27)32-28-12-7-13-30(37(38,39)40)33(28)42-22-29(32)34(44)25-8-4-3-5-9-25/h2-17,19-20,22,41H,1,18,21H2. The number of benzene rings is 4. The average Bonchev–Trinajstić information content (AvgIpc) is 3.34. The van der Waals surface area contributed by atoms with E-state index in [1.54, 1.807) is 60.7 Å². The fourth-order valence-electron chi connectivity index (χ4n) is 5.34. The summed E-state index contributed by atoms with van der Waals surface area (Å²) in [5, 5.41) is 3.61. The Hall–Kier alpha value is -5.06. The number of carbonyl (C=O) groups excluding carboxylic acids is 2. The van der Waals surface area contributed by atoms with Crippen molar-refractivity contribution in [1.29, 1.82) is 0 Å². The lowest BCUT2D eigenvalue weighted by atomic mass is 9.91. The molecule has 0 saturated carbocycles. The van der Waals surface area contributed by atoms with Crippen LogP contribution in [0.3, 0.4) is 0 Å². The number of fused-ring (bicyclic) bond motifs is 1. The molecule has 1 aliphatic heterocycles. The van der Waals surface area contributed by atoms with Crippen molar-refractivity contribution in [3.8, 4) is 11.1 Å². The molecule has 5 nitrogen and oxygen atoms in total. The number of rotatable bonds is 9. The molecule has 234 valence electrons. The molecule has 1 aromatic heterocycles. The van der Waals surface area contributed by atoms with Gasteiger partial charge in [-0.2, -0.15) is 13.2 Å². The number of hydrogen-bond acceptors (Lipinski definition) is 6. The zero-order valence-electron chi connectivity index (χ0n) is 24.8. The first-order valence-electron chi connectivity index (χ1n) is 14.5. The molecule has 0 bridgehead atoms. The summed E-state index contributed by atoms with van der Waals surface area (Å²) in [5.74, 6) is -0.482. The number of alkyl halides is 3. The number of hydrogen-bond donors (Lipinski definition) is 1. The summed E-state index contributed by atoms with van der Waals surface area (Å²) in [4.78, 5) is 32.5. The van der Waals surface area contributed by atoms with E-state index in [1.807, 2.05) is 36.4 Å². The Bertz CT molecular complexity index is 2060. The highest BCUT2D eigenvalue weighted by Crippen LogP contribution is 2.39. The number of nitrogens with one attached hydrogen (secondary N) is 1. The molecule has 0 aliphatic carbocycles. The predicted octanol–water partition coefficient (Wildman–Crippen LogP) is 9.15. The third-order valence-corrected chi connectivity index (χ3v) is 8.97. The number of carbonyl (C=O) groups is 2. The molecule has 10 heteroatoms. The second kappa shape index (κ2) is 13.4. The molecule has 1 saturated heterocycles. The van der Waals surface area contributed by atoms with E-state index in [9.17, 15) is 22.8 Å². The lowest BCUT2D eigenvalue weighted by Crippen LogP contribution is -2.27. The summed E-state index contributed by atoms with van der Waals surface area (Å²) < 4.78 is 42.4. The van der Waals surface area contributed by atoms with Gasteiger partial charge in [0, 0.05) is 47.1 Å². The molecular weight excluding hydrogens is 640 g/mol. The molecule has 0 unspecified atom stereocenters. The van der Waals surface area contributed by atoms with E-state index in [0.717, 1.165) is 17.2 Å². The number of anilines is 1. The number of halogens is 3. The maximum Gasteiger partial charge on any atom is 0.418 e. The minimum absolute atomic E-state index is 0.143. The highest BCUT2D eigenvalue weighted by Gasteiger charge is 2.34. The summed E-state index contributed by atoms with van der Waals surface area (Å²) in [5.41, 5.74) is 3.01. The summed E-state index contributed by atoms with van der Waals surface area (Å²) in [7, 11) is 0. The molecule has 6 rings (SSSR count). The predicted molar refractivity (Wildman–Crippen MR) is 186 cm³/mol. The monoisotopic (exact) mass is 665 g/mol. The quantitative estimate of drug-likeness (QED) is 0.0734. The third-order valence-electron chi connectivity index (χ3n) is 7.59. The van der Waals surface area contributed by atoms with Crippen LogP contribution in [0.1, 0.15) is 32.6 Å². The molecule has 0 spiro atoms. The van der Waals surface area contributed by atoms with Crippen molar-refractivity contribution >= 4 is 62.7 Å². The van der Waals surface area contributed by atoms with Gasteiger partial charge in [0.05, 0.1) is 16.0 Å². The third kappa shape index (κ3) is 6.74. The van der Waals surface area contributed by atoms with Crippen molar-refractivity contribution in [3.05, 3.63) is 149 Å². The summed E-state index contributed by atoms with van der Waals surface area (Å²) in [6.07, 6.45) is 0.0630. The topological polar surface area (TPSA) is 62.3 Å². The van der Waals surface area contributed by atoms with Gasteiger partial charge in [-0.15, -0.1) is 6.58 Å². The Labute approximate surface area is 278 Å². The fourth-order valence-corrected chi connectivity index (χ4v) is 6.61. The number of thioether (sulfide) groups is 1. The molecule has 2 heterocycles. The number of para-hydroxylation sites is 1. The smallest absolute Gasteiger partial charge is 0.381 e. The molecule has 1 aliphatic rings. The van der Waals surface area contributed by atoms with E-state index in [-0.39, 0.29) is 28.2 Å². The Kier molecular flexibility index (Phi) is 9.06. The second-order valence-electron chi connectivity index (χ2n) is 10.7. The van der Waals surface area contributed by atoms with Crippen molar-refractivity contribution in [3.63, 3.8) is 0 Å². The van der Waals surface area contributed by atoms with Crippen molar-refractivity contribution in [2.75, 3.05) is 11.9 Å². The first kappa shape index (κ1) is 31.9. The van der Waals surface area contributed by atoms with E-state index in [1.165, 1.54) is 28.9 Å². The zero-order chi connectivity index (χ0) is 33.1. The van der Waals surface area contributed by atoms with Crippen LogP contribution in [0.15, 0.2) is 121 Å². The Morgan fingerprint density at radius 3 is 2.45 bits per heavy atom. The van der Waals surface area contributed by atoms with Crippen LogP contribution in [0, 0.1) is 0 Å². The van der Waals surface area contributed by atoms with Crippen LogP contribution in [0.25, 0.3) is 28.1 Å². The van der Waals surface area contributed by atoms with E-state index < -0.39 is 11.7 Å². The average molecular weight is 666 g/mol. The van der Waals surface area contributed by atoms with Crippen molar-refractivity contribution in [2.45, 2.75) is 12.7 Å². The number of aromatic nitrogens is 1. The molecule has 5 aromatic rings. The van der Waals surface area contributed by atoms with Crippen LogP contribution in [0.4, 0.5) is 18.9 Å². The number of ketones is 1. The first-order valence-corrected chi connectivity index (χ1v) is 15.7. The summed E-state index contributed by atoms with van der Waals surface area (Å²) in [6.45, 7) is 4.50. The van der Waals surface area contributed by atoms with Crippen LogP contribution in [0.2, 0.25) is 0 Å². The molecule has 1 fully saturated rings. The Morgan fingerprint density at radius 1 is 0.979 bits per heavy atom. The minimum atomic E-state index is -4.62. The van der Waals surface area contributed by atoms with Crippen LogP contribution in [0.5, 0.6) is 0 Å². The zero-order valence-corrected chi connectivity index (χ0v) is 26.4. The van der Waals surface area contributed by atoms with E-state index >= 15 is 0 Å². The van der Waals surface area contributed by atoms with E-state index in [2.05, 4.69) is 16.9 Å². The van der Waals surface area contributed by atoms with Gasteiger partial charge >= 0.3 is 6.18 Å². The number of thiocarbonyl (C=S) groups is 1. The van der Waals surface area contributed by atoms with Crippen LogP contribution in [-0.2, 0) is 17.5 Å². The van der Waals surface area contributed by atoms with Gasteiger partial charge in [-0.1, -0.05) is 109 Å². The SMILES string of the molecule is C=CCN1C(=O)C(=Cc2ccc(CNc3cccc(-c4c(C(=O)c5ccccc5)cnc5c(C(F)(F)F)cccc45)c3)cc2)SC1=S. The summed E-state index contributed by atoms with van der Waals surface area (Å²) >= 11 is 6.57. The Balaban J connectivity index is 1.29. The van der Waals surface area contributed by atoms with Crippen LogP contribution >= 0.6 is 24.0 Å². The summed E-state index contributed by atoms with van der Waals surface area (Å²) in [6, 6.07) is 27.4. The highest BCUT2D eigenvalue weighted by atomic mass is 32.2. The van der Waals surface area contributed by atoms with Gasteiger partial charge in [0.25, 0.3) is 5.91 Å². The molecule has 0 radical (unpaired) electrons. The largest absolute Gasteiger partial charge is 0.418 e. The number of nitrogens with zero attached hydrogens (tertiary/aromatic N) is 2. The minimum Gasteiger partial charge on any atom is -0.381 e. The van der Waals surface area contributed by atoms with Gasteiger partial charge in [-0.25, -0.2) is 0 Å². The van der Waals surface area contributed by atoms with Gasteiger partial charge in [0.15, 0.2) is 5.78 Å². The maximum atomic E-state index is 14.0. The van der Waals surface area contributed by atoms with Gasteiger partial charge in [0.2, 0.25) is 0 Å². The number of amides is 1. The fraction of sp³-hybridized carbons (Fsp3) is 0.0811. The van der Waals surface area contributed by atoms with E-state index in [0.29, 0.717) is 44.7 Å². The Morgan fingerprint density at radius 2 is 1.72 bits per heavy atom. The van der Waals surface area contributed by atoms with Crippen molar-refractivity contribution in [2.24, 2.45) is 0 Å². The van der Waals surface area contributed by atoms with Crippen LogP contribution < -0.4 is 5.32 Å². The lowest BCUT2D eigenvalue weighted by Gasteiger charge is -2.16. The number of pyridine rings is 1.